The Morgan fingerprint density at radius 3 is 3.00 bits per heavy atom. The van der Waals surface area contributed by atoms with Crippen LogP contribution in [0.25, 0.3) is 5.65 Å². The summed E-state index contributed by atoms with van der Waals surface area (Å²) in [5.74, 6) is 0.937. The van der Waals surface area contributed by atoms with Crippen LogP contribution in [-0.2, 0) is 0 Å². The van der Waals surface area contributed by atoms with E-state index in [0.29, 0.717) is 23.6 Å². The second kappa shape index (κ2) is 4.55. The van der Waals surface area contributed by atoms with Gasteiger partial charge in [-0.15, -0.1) is 5.10 Å². The van der Waals surface area contributed by atoms with Crippen molar-refractivity contribution in [3.63, 3.8) is 0 Å². The fourth-order valence-corrected chi connectivity index (χ4v) is 2.62. The molecule has 1 saturated carbocycles. The normalized spacial score (nSPS) is 24.3. The molecule has 0 radical (unpaired) electrons. The lowest BCUT2D eigenvalue weighted by Crippen LogP contribution is -2.30. The molecule has 0 aromatic carbocycles. The summed E-state index contributed by atoms with van der Waals surface area (Å²) in [5.41, 5.74) is 0.669. The van der Waals surface area contributed by atoms with Crippen molar-refractivity contribution in [3.05, 3.63) is 24.1 Å². The third kappa shape index (κ3) is 2.17. The van der Waals surface area contributed by atoms with Crippen molar-refractivity contribution in [1.82, 2.24) is 14.6 Å². The molecule has 5 heteroatoms. The fourth-order valence-electron chi connectivity index (χ4n) is 2.62. The highest BCUT2D eigenvalue weighted by atomic mass is 19.1. The zero-order chi connectivity index (χ0) is 12.5. The van der Waals surface area contributed by atoms with Crippen LogP contribution in [0.15, 0.2) is 18.3 Å². The minimum atomic E-state index is -0.301. The van der Waals surface area contributed by atoms with E-state index in [1.807, 2.05) is 0 Å². The lowest BCUT2D eigenvalue weighted by molar-refractivity contribution is 0.348. The van der Waals surface area contributed by atoms with Crippen molar-refractivity contribution >= 4 is 11.6 Å². The van der Waals surface area contributed by atoms with E-state index in [9.17, 15) is 4.39 Å². The van der Waals surface area contributed by atoms with Crippen molar-refractivity contribution in [2.75, 3.05) is 5.32 Å². The number of pyridine rings is 1. The van der Waals surface area contributed by atoms with Gasteiger partial charge in [-0.25, -0.2) is 8.91 Å². The highest BCUT2D eigenvalue weighted by Crippen LogP contribution is 2.26. The molecule has 2 unspecified atom stereocenters. The van der Waals surface area contributed by atoms with E-state index in [1.54, 1.807) is 6.07 Å². The Kier molecular flexibility index (Phi) is 2.89. The molecule has 0 bridgehead atoms. The Hall–Kier alpha value is -1.65. The molecular formula is C13H17FN4. The smallest absolute Gasteiger partial charge is 0.243 e. The van der Waals surface area contributed by atoms with Crippen LogP contribution >= 0.6 is 0 Å². The minimum absolute atomic E-state index is 0.301. The van der Waals surface area contributed by atoms with Crippen LogP contribution in [0.2, 0.25) is 0 Å². The van der Waals surface area contributed by atoms with E-state index in [0.717, 1.165) is 6.42 Å². The number of fused-ring (bicyclic) bond motifs is 1. The fraction of sp³-hybridized carbons (Fsp3) is 0.538. The van der Waals surface area contributed by atoms with Crippen LogP contribution in [0.3, 0.4) is 0 Å². The lowest BCUT2D eigenvalue weighted by Gasteiger charge is -2.28. The molecule has 1 N–H and O–H groups in total. The maximum absolute atomic E-state index is 13.1. The first-order valence-corrected chi connectivity index (χ1v) is 6.51. The molecule has 1 aliphatic rings. The quantitative estimate of drug-likeness (QED) is 0.888. The SMILES string of the molecule is CC1CCCCC1Nc1nc2ccc(F)cn2n1. The van der Waals surface area contributed by atoms with Gasteiger partial charge >= 0.3 is 0 Å². The Balaban J connectivity index is 1.81. The predicted molar refractivity (Wildman–Crippen MR) is 68.0 cm³/mol. The average molecular weight is 248 g/mol. The molecule has 0 saturated heterocycles. The van der Waals surface area contributed by atoms with Crippen molar-refractivity contribution in [2.45, 2.75) is 38.6 Å². The van der Waals surface area contributed by atoms with Crippen LogP contribution in [0.4, 0.5) is 10.3 Å². The van der Waals surface area contributed by atoms with E-state index in [1.165, 1.54) is 36.0 Å². The number of aromatic nitrogens is 3. The van der Waals surface area contributed by atoms with Gasteiger partial charge in [0.25, 0.3) is 0 Å². The molecule has 3 rings (SSSR count). The van der Waals surface area contributed by atoms with E-state index in [-0.39, 0.29) is 5.82 Å². The predicted octanol–water partition coefficient (Wildman–Crippen LogP) is 2.86. The Bertz CT molecular complexity index is 551. The topological polar surface area (TPSA) is 42.2 Å². The van der Waals surface area contributed by atoms with E-state index < -0.39 is 0 Å². The monoisotopic (exact) mass is 248 g/mol. The van der Waals surface area contributed by atoms with Crippen molar-refractivity contribution < 1.29 is 4.39 Å². The van der Waals surface area contributed by atoms with Gasteiger partial charge in [0.1, 0.15) is 5.82 Å². The van der Waals surface area contributed by atoms with Crippen molar-refractivity contribution in [1.29, 1.82) is 0 Å². The summed E-state index contributed by atoms with van der Waals surface area (Å²) in [6.45, 7) is 2.26. The molecule has 2 aromatic rings. The van der Waals surface area contributed by atoms with Gasteiger partial charge in [0.05, 0.1) is 6.20 Å². The standard InChI is InChI=1S/C13H17FN4/c1-9-4-2-3-5-11(9)15-13-16-12-7-6-10(14)8-18(12)17-13/h6-9,11H,2-5H2,1H3,(H,15,17). The number of halogens is 1. The van der Waals surface area contributed by atoms with Gasteiger partial charge in [0, 0.05) is 6.04 Å². The molecule has 96 valence electrons. The number of hydrogen-bond acceptors (Lipinski definition) is 3. The molecule has 0 amide bonds. The Morgan fingerprint density at radius 2 is 2.17 bits per heavy atom. The summed E-state index contributed by atoms with van der Waals surface area (Å²) in [5, 5.41) is 7.63. The first-order chi connectivity index (χ1) is 8.72. The largest absolute Gasteiger partial charge is 0.350 e. The molecule has 4 nitrogen and oxygen atoms in total. The molecule has 2 heterocycles. The third-order valence-electron chi connectivity index (χ3n) is 3.72. The molecule has 0 aliphatic heterocycles. The second-order valence-corrected chi connectivity index (χ2v) is 5.10. The van der Waals surface area contributed by atoms with Gasteiger partial charge in [-0.3, -0.25) is 0 Å². The molecule has 2 aromatic heterocycles. The number of nitrogens with one attached hydrogen (secondary N) is 1. The maximum Gasteiger partial charge on any atom is 0.243 e. The number of anilines is 1. The molecule has 1 fully saturated rings. The van der Waals surface area contributed by atoms with Crippen LogP contribution in [0.1, 0.15) is 32.6 Å². The van der Waals surface area contributed by atoms with Gasteiger partial charge in [0.15, 0.2) is 5.65 Å². The van der Waals surface area contributed by atoms with Gasteiger partial charge in [-0.1, -0.05) is 19.8 Å². The molecule has 0 spiro atoms. The second-order valence-electron chi connectivity index (χ2n) is 5.10. The zero-order valence-corrected chi connectivity index (χ0v) is 10.4. The van der Waals surface area contributed by atoms with Crippen molar-refractivity contribution in [2.24, 2.45) is 5.92 Å². The van der Waals surface area contributed by atoms with Gasteiger partial charge in [-0.2, -0.15) is 4.98 Å². The van der Waals surface area contributed by atoms with Crippen LogP contribution in [0.5, 0.6) is 0 Å². The average Bonchev–Trinajstić information content (AvgIpc) is 2.73. The van der Waals surface area contributed by atoms with E-state index >= 15 is 0 Å². The summed E-state index contributed by atoms with van der Waals surface area (Å²) >= 11 is 0. The summed E-state index contributed by atoms with van der Waals surface area (Å²) in [4.78, 5) is 4.36. The van der Waals surface area contributed by atoms with Gasteiger partial charge < -0.3 is 5.32 Å². The zero-order valence-electron chi connectivity index (χ0n) is 10.4. The maximum atomic E-state index is 13.1. The van der Waals surface area contributed by atoms with E-state index in [2.05, 4.69) is 22.3 Å². The molecule has 2 atom stereocenters. The highest BCUT2D eigenvalue weighted by molar-refractivity contribution is 5.43. The van der Waals surface area contributed by atoms with Crippen LogP contribution in [0, 0.1) is 11.7 Å². The van der Waals surface area contributed by atoms with Crippen LogP contribution < -0.4 is 5.32 Å². The van der Waals surface area contributed by atoms with E-state index in [4.69, 9.17) is 0 Å². The van der Waals surface area contributed by atoms with Crippen molar-refractivity contribution in [3.8, 4) is 0 Å². The summed E-state index contributed by atoms with van der Waals surface area (Å²) in [6.07, 6.45) is 6.32. The first-order valence-electron chi connectivity index (χ1n) is 6.51. The van der Waals surface area contributed by atoms with Gasteiger partial charge in [-0.05, 0) is 30.9 Å². The summed E-state index contributed by atoms with van der Waals surface area (Å²) < 4.78 is 14.5. The summed E-state index contributed by atoms with van der Waals surface area (Å²) in [7, 11) is 0. The summed E-state index contributed by atoms with van der Waals surface area (Å²) in [6, 6.07) is 3.47. The number of nitrogens with zero attached hydrogens (tertiary/aromatic N) is 3. The molecule has 1 aliphatic carbocycles. The minimum Gasteiger partial charge on any atom is -0.350 e. The van der Waals surface area contributed by atoms with Gasteiger partial charge in [0.2, 0.25) is 5.95 Å². The Labute approximate surface area is 105 Å². The number of hydrogen-bond donors (Lipinski definition) is 1. The Morgan fingerprint density at radius 1 is 1.33 bits per heavy atom. The third-order valence-corrected chi connectivity index (χ3v) is 3.72. The highest BCUT2D eigenvalue weighted by Gasteiger charge is 2.22. The van der Waals surface area contributed by atoms with Crippen LogP contribution in [-0.4, -0.2) is 20.6 Å². The lowest BCUT2D eigenvalue weighted by atomic mass is 9.86. The molecular weight excluding hydrogens is 231 g/mol. The first kappa shape index (κ1) is 11.4. The number of rotatable bonds is 2. The molecule has 18 heavy (non-hydrogen) atoms.